The highest BCUT2D eigenvalue weighted by Gasteiger charge is 2.29. The molecule has 11 aromatic rings. The minimum absolute atomic E-state index is 0.0379. The van der Waals surface area contributed by atoms with Gasteiger partial charge in [-0.05, 0) is 105 Å². The average molecular weight is 843 g/mol. The van der Waals surface area contributed by atoms with Crippen LogP contribution in [0.5, 0.6) is 0 Å². The van der Waals surface area contributed by atoms with Gasteiger partial charge in [-0.1, -0.05) is 185 Å². The van der Waals surface area contributed by atoms with E-state index in [9.17, 15) is 0 Å². The first-order chi connectivity index (χ1) is 31.5. The Morgan fingerprint density at radius 3 is 1.94 bits per heavy atom. The van der Waals surface area contributed by atoms with Crippen LogP contribution >= 0.6 is 11.3 Å². The van der Waals surface area contributed by atoms with Crippen LogP contribution < -0.4 is 0 Å². The molecule has 0 aliphatic carbocycles. The van der Waals surface area contributed by atoms with Crippen LogP contribution in [0.3, 0.4) is 0 Å². The molecule has 0 aliphatic rings. The van der Waals surface area contributed by atoms with Gasteiger partial charge >= 0.3 is 0 Å². The predicted molar refractivity (Wildman–Crippen MR) is 279 cm³/mol. The minimum Gasteiger partial charge on any atom is -0.309 e. The number of benzene rings is 9. The molecule has 2 heterocycles. The molecule has 3 atom stereocenters. The van der Waals surface area contributed by atoms with Crippen molar-refractivity contribution in [2.24, 2.45) is 16.8 Å². The summed E-state index contributed by atoms with van der Waals surface area (Å²) in [4.78, 5) is 6.16. The summed E-state index contributed by atoms with van der Waals surface area (Å²) in [5.41, 5.74) is 11.9. The van der Waals surface area contributed by atoms with Crippen LogP contribution in [0.2, 0.25) is 0 Å². The third-order valence-electron chi connectivity index (χ3n) is 13.7. The number of para-hydroxylation sites is 1. The Labute approximate surface area is 379 Å². The van der Waals surface area contributed by atoms with Gasteiger partial charge in [0.2, 0.25) is 0 Å². The molecule has 64 heavy (non-hydrogen) atoms. The Kier molecular flexibility index (Phi) is 10.3. The largest absolute Gasteiger partial charge is 0.309 e. The van der Waals surface area contributed by atoms with Gasteiger partial charge in [0.1, 0.15) is 0 Å². The van der Waals surface area contributed by atoms with Crippen molar-refractivity contribution in [2.75, 3.05) is 0 Å². The molecule has 2 aromatic heterocycles. The van der Waals surface area contributed by atoms with Gasteiger partial charge in [-0.3, -0.25) is 4.99 Å². The molecule has 310 valence electrons. The second-order valence-corrected chi connectivity index (χ2v) is 18.4. The van der Waals surface area contributed by atoms with Gasteiger partial charge < -0.3 is 4.57 Å². The van der Waals surface area contributed by atoms with Gasteiger partial charge in [0.25, 0.3) is 0 Å². The number of aromatic nitrogens is 1. The van der Waals surface area contributed by atoms with Gasteiger partial charge in [-0.2, -0.15) is 0 Å². The molecule has 0 aliphatic heterocycles. The van der Waals surface area contributed by atoms with Crippen molar-refractivity contribution < 1.29 is 0 Å². The highest BCUT2D eigenvalue weighted by molar-refractivity contribution is 7.25. The molecule has 0 amide bonds. The van der Waals surface area contributed by atoms with Gasteiger partial charge in [0.15, 0.2) is 0 Å². The van der Waals surface area contributed by atoms with E-state index in [1.807, 2.05) is 11.3 Å². The van der Waals surface area contributed by atoms with Gasteiger partial charge in [-0.15, -0.1) is 11.3 Å². The predicted octanol–water partition coefficient (Wildman–Crippen LogP) is 17.4. The fourth-order valence-electron chi connectivity index (χ4n) is 10.2. The van der Waals surface area contributed by atoms with E-state index >= 15 is 0 Å². The van der Waals surface area contributed by atoms with Crippen molar-refractivity contribution >= 4 is 86.1 Å². The molecule has 0 bridgehead atoms. The number of thiophene rings is 1. The number of hydrogen-bond donors (Lipinski definition) is 0. The number of aliphatic imine (C=N–C) groups is 1. The summed E-state index contributed by atoms with van der Waals surface area (Å²) in [7, 11) is 0. The van der Waals surface area contributed by atoms with E-state index in [4.69, 9.17) is 11.6 Å². The first kappa shape index (κ1) is 39.8. The van der Waals surface area contributed by atoms with Crippen molar-refractivity contribution in [1.82, 2.24) is 4.57 Å². The number of rotatable bonds is 11. The van der Waals surface area contributed by atoms with Crippen LogP contribution in [0.25, 0.3) is 85.9 Å². The fourth-order valence-corrected chi connectivity index (χ4v) is 11.3. The minimum atomic E-state index is -0.187. The standard InChI is InChI=1S/C61H50N2S/c1-5-39(3)60(62-61(44-33-31-42(32-34-44)41-19-8-7-9-20-41)48(6-2)40(4)49-28-18-24-43-21-12-13-25-50(43)49)54-37-47(38-58-59(54)52-27-15-17-30-57(52)64-58)63-55-29-16-14-26-51(55)53-35-45-22-10-11-23-46(45)36-56(53)63/h7-39,48,61H,4-6H2,1-3H3/b62-60+/t39?,48-,61?/m0/s1. The van der Waals surface area contributed by atoms with Crippen LogP contribution in [0.4, 0.5) is 0 Å². The van der Waals surface area contributed by atoms with E-state index in [2.05, 4.69) is 219 Å². The summed E-state index contributed by atoms with van der Waals surface area (Å²) in [5, 5.41) is 10.0. The van der Waals surface area contributed by atoms with Gasteiger partial charge in [-0.25, -0.2) is 0 Å². The smallest absolute Gasteiger partial charge is 0.0821 e. The summed E-state index contributed by atoms with van der Waals surface area (Å²) in [6.07, 6.45) is 1.84. The maximum Gasteiger partial charge on any atom is 0.0821 e. The molecule has 0 saturated carbocycles. The Hall–Kier alpha value is -7.07. The summed E-state index contributed by atoms with van der Waals surface area (Å²) < 4.78 is 5.05. The van der Waals surface area contributed by atoms with Crippen molar-refractivity contribution in [2.45, 2.75) is 39.7 Å². The zero-order chi connectivity index (χ0) is 43.3. The molecule has 11 rings (SSSR count). The third kappa shape index (κ3) is 6.83. The van der Waals surface area contributed by atoms with Crippen molar-refractivity contribution in [3.8, 4) is 16.8 Å². The quantitative estimate of drug-likeness (QED) is 0.115. The summed E-state index contributed by atoms with van der Waals surface area (Å²) in [5.74, 6) is 0.213. The third-order valence-corrected chi connectivity index (χ3v) is 14.8. The van der Waals surface area contributed by atoms with Gasteiger partial charge in [0, 0.05) is 53.8 Å². The molecule has 0 spiro atoms. The zero-order valence-electron chi connectivity index (χ0n) is 36.6. The summed E-state index contributed by atoms with van der Waals surface area (Å²) in [6.45, 7) is 11.9. The lowest BCUT2D eigenvalue weighted by Gasteiger charge is -2.29. The molecule has 3 heteroatoms. The number of hydrogen-bond acceptors (Lipinski definition) is 2. The van der Waals surface area contributed by atoms with Crippen LogP contribution in [0.15, 0.2) is 206 Å². The van der Waals surface area contributed by atoms with Crippen LogP contribution in [-0.2, 0) is 0 Å². The average Bonchev–Trinajstić information content (AvgIpc) is 3.89. The first-order valence-electron chi connectivity index (χ1n) is 22.8. The van der Waals surface area contributed by atoms with Crippen LogP contribution in [0.1, 0.15) is 56.3 Å². The Balaban J connectivity index is 1.18. The maximum atomic E-state index is 6.16. The van der Waals surface area contributed by atoms with Crippen LogP contribution in [0, 0.1) is 11.8 Å². The molecule has 2 nitrogen and oxygen atoms in total. The lowest BCUT2D eigenvalue weighted by molar-refractivity contribution is 0.520. The number of nitrogens with zero attached hydrogens (tertiary/aromatic N) is 2. The van der Waals surface area contributed by atoms with Crippen LogP contribution in [-0.4, -0.2) is 10.3 Å². The second kappa shape index (κ2) is 16.6. The second-order valence-electron chi connectivity index (χ2n) is 17.4. The number of fused-ring (bicyclic) bond motifs is 8. The van der Waals surface area contributed by atoms with Gasteiger partial charge in [0.05, 0.1) is 17.1 Å². The van der Waals surface area contributed by atoms with E-state index < -0.39 is 0 Å². The first-order valence-corrected chi connectivity index (χ1v) is 23.6. The molecule has 0 saturated heterocycles. The normalized spacial score (nSPS) is 13.6. The van der Waals surface area contributed by atoms with Crippen molar-refractivity contribution in [3.63, 3.8) is 0 Å². The molecule has 0 fully saturated rings. The Bertz CT molecular complexity index is 3560. The topological polar surface area (TPSA) is 17.3 Å². The molecule has 0 N–H and O–H groups in total. The highest BCUT2D eigenvalue weighted by atomic mass is 32.1. The Morgan fingerprint density at radius 2 is 1.17 bits per heavy atom. The lowest BCUT2D eigenvalue weighted by atomic mass is 9.80. The van der Waals surface area contributed by atoms with Crippen molar-refractivity contribution in [3.05, 3.63) is 217 Å². The van der Waals surface area contributed by atoms with E-state index in [1.54, 1.807) is 0 Å². The Morgan fingerprint density at radius 1 is 0.531 bits per heavy atom. The summed E-state index contributed by atoms with van der Waals surface area (Å²) >= 11 is 1.88. The maximum absolute atomic E-state index is 6.16. The molecule has 9 aromatic carbocycles. The van der Waals surface area contributed by atoms with Crippen molar-refractivity contribution in [1.29, 1.82) is 0 Å². The van der Waals surface area contributed by atoms with E-state index in [-0.39, 0.29) is 17.9 Å². The van der Waals surface area contributed by atoms with E-state index in [1.165, 1.54) is 91.3 Å². The molecular weight excluding hydrogens is 793 g/mol. The highest BCUT2D eigenvalue weighted by Crippen LogP contribution is 2.45. The molecule has 2 unspecified atom stereocenters. The lowest BCUT2D eigenvalue weighted by Crippen LogP contribution is -2.19. The van der Waals surface area contributed by atoms with E-state index in [0.29, 0.717) is 0 Å². The fraction of sp³-hybridized carbons (Fsp3) is 0.131. The molecule has 0 radical (unpaired) electrons. The monoisotopic (exact) mass is 842 g/mol. The molecular formula is C61H50N2S. The summed E-state index contributed by atoms with van der Waals surface area (Å²) in [6, 6.07) is 71.2. The zero-order valence-corrected chi connectivity index (χ0v) is 37.4. The van der Waals surface area contributed by atoms with E-state index in [0.717, 1.165) is 29.8 Å². The SMILES string of the molecule is C=C(c1cccc2ccccc12)[C@H](CC)C(/N=C(/c1cc(-n2c3ccccc3c3cc4ccccc4cc32)cc2sc3ccccc3c12)C(C)CC)c1ccc(-c2ccccc2)cc1.